The maximum Gasteiger partial charge on any atom is 0.417 e. The Bertz CT molecular complexity index is 2530. The number of pyridine rings is 2. The normalized spacial score (nSPS) is 12.5. The zero-order chi connectivity index (χ0) is 52.3. The smallest absolute Gasteiger partial charge is 0.417 e. The lowest BCUT2D eigenvalue weighted by Gasteiger charge is -2.22. The second-order valence-corrected chi connectivity index (χ2v) is 19.3. The predicted octanol–water partition coefficient (Wildman–Crippen LogP) is 9.21. The number of hydrogen-bond acceptors (Lipinski definition) is 10. The molecule has 0 bridgehead atoms. The highest BCUT2D eigenvalue weighted by atomic mass is 127. The minimum Gasteiger partial charge on any atom is -0.467 e. The third-order valence-corrected chi connectivity index (χ3v) is 11.0. The van der Waals surface area contributed by atoms with Crippen molar-refractivity contribution in [2.45, 2.75) is 104 Å². The molecule has 2 heterocycles. The molecular weight excluding hydrogens is 1140 g/mol. The first-order valence-electron chi connectivity index (χ1n) is 20.3. The maximum atomic E-state index is 13.6. The number of methoxy groups -OCH3 is 2. The van der Waals surface area contributed by atoms with Crippen molar-refractivity contribution in [3.05, 3.63) is 122 Å². The highest BCUT2D eigenvalue weighted by Gasteiger charge is 2.37. The highest BCUT2D eigenvalue weighted by molar-refractivity contribution is 14.1. The number of alkyl carbamates (subject to hydrolysis) is 2. The van der Waals surface area contributed by atoms with Crippen molar-refractivity contribution < 1.29 is 64.5 Å². The minimum absolute atomic E-state index is 0.00420. The molecule has 0 aliphatic carbocycles. The van der Waals surface area contributed by atoms with Gasteiger partial charge in [0.15, 0.2) is 0 Å². The predicted molar refractivity (Wildman–Crippen MR) is 258 cm³/mol. The van der Waals surface area contributed by atoms with E-state index in [2.05, 4.69) is 33.2 Å². The van der Waals surface area contributed by atoms with Crippen LogP contribution in [0.5, 0.6) is 0 Å². The fraction of sp³-hybridized carbons (Fsp3) is 0.435. The standard InChI is InChI=1S/C23H27F3N2O5.C15H20INO4.C8H7F3INO/c1-13-11-16(23(24,25)26)18(19(29)28(13)5)15-9-7-14(8-10-15)12-17(20(30)32-6)27-21(31)33-22(2,3)4;1-15(2,3)21-14(19)17-12(13(18)20-4)9-10-5-7-11(16)8-6-10;1-4-3-5(8(9,10)11)6(12)7(14)13(4)2/h7-11,17H,12H2,1-6H3,(H,27,31);5-8,12H,9H2,1-4H3,(H,17,19);3H,1-2H3. The van der Waals surface area contributed by atoms with Gasteiger partial charge in [-0.05, 0) is 142 Å². The second kappa shape index (κ2) is 24.4. The van der Waals surface area contributed by atoms with Crippen LogP contribution in [0.25, 0.3) is 11.1 Å². The molecule has 0 fully saturated rings. The van der Waals surface area contributed by atoms with Gasteiger partial charge in [-0.3, -0.25) is 9.59 Å². The van der Waals surface area contributed by atoms with Gasteiger partial charge in [-0.2, -0.15) is 26.3 Å². The molecule has 0 radical (unpaired) electrons. The number of hydrogen-bond donors (Lipinski definition) is 2. The summed E-state index contributed by atoms with van der Waals surface area (Å²) < 4.78 is 101. The van der Waals surface area contributed by atoms with Crippen LogP contribution in [-0.4, -0.2) is 70.8 Å². The number of aryl methyl sites for hydroxylation is 2. The third kappa shape index (κ3) is 18.4. The van der Waals surface area contributed by atoms with Crippen molar-refractivity contribution in [1.29, 1.82) is 0 Å². The first-order chi connectivity index (χ1) is 31.1. The summed E-state index contributed by atoms with van der Waals surface area (Å²) in [5.41, 5.74) is -3.09. The Morgan fingerprint density at radius 3 is 1.31 bits per heavy atom. The van der Waals surface area contributed by atoms with E-state index in [1.165, 1.54) is 93.6 Å². The average molecular weight is 1190 g/mol. The van der Waals surface area contributed by atoms with Gasteiger partial charge in [0.2, 0.25) is 0 Å². The van der Waals surface area contributed by atoms with E-state index < -0.39 is 87.6 Å². The van der Waals surface area contributed by atoms with E-state index >= 15 is 0 Å². The molecule has 0 aliphatic heterocycles. The van der Waals surface area contributed by atoms with Gasteiger partial charge in [0.25, 0.3) is 11.1 Å². The Hall–Kier alpha value is -5.14. The Labute approximate surface area is 416 Å². The van der Waals surface area contributed by atoms with E-state index in [0.29, 0.717) is 17.7 Å². The molecule has 374 valence electrons. The number of benzene rings is 2. The van der Waals surface area contributed by atoms with Gasteiger partial charge in [0, 0.05) is 41.9 Å². The molecule has 2 N–H and O–H groups in total. The molecule has 68 heavy (non-hydrogen) atoms. The molecule has 2 aromatic carbocycles. The molecule has 2 atom stereocenters. The molecule has 2 unspecified atom stereocenters. The van der Waals surface area contributed by atoms with Gasteiger partial charge in [0.1, 0.15) is 23.3 Å². The number of alkyl halides is 6. The fourth-order valence-corrected chi connectivity index (χ4v) is 6.97. The van der Waals surface area contributed by atoms with Crippen molar-refractivity contribution in [3.8, 4) is 11.1 Å². The van der Waals surface area contributed by atoms with Crippen LogP contribution in [0, 0.1) is 21.0 Å². The summed E-state index contributed by atoms with van der Waals surface area (Å²) in [5, 5.41) is 4.98. The minimum atomic E-state index is -4.71. The Morgan fingerprint density at radius 2 is 0.956 bits per heavy atom. The lowest BCUT2D eigenvalue weighted by Crippen LogP contribution is -2.45. The number of rotatable bonds is 9. The topological polar surface area (TPSA) is 173 Å². The number of amides is 2. The van der Waals surface area contributed by atoms with Gasteiger partial charge < -0.3 is 38.7 Å². The number of nitrogens with zero attached hydrogens (tertiary/aromatic N) is 2. The maximum absolute atomic E-state index is 13.6. The first kappa shape index (κ1) is 59.0. The number of carbonyl (C=O) groups excluding carboxylic acids is 4. The van der Waals surface area contributed by atoms with Gasteiger partial charge in [-0.15, -0.1) is 0 Å². The second-order valence-electron chi connectivity index (χ2n) is 17.0. The van der Waals surface area contributed by atoms with Crippen molar-refractivity contribution in [3.63, 3.8) is 0 Å². The van der Waals surface area contributed by atoms with Gasteiger partial charge in [-0.1, -0.05) is 36.4 Å². The van der Waals surface area contributed by atoms with E-state index in [-0.39, 0.29) is 21.2 Å². The van der Waals surface area contributed by atoms with Gasteiger partial charge in [-0.25, -0.2) is 19.2 Å². The molecule has 4 rings (SSSR count). The van der Waals surface area contributed by atoms with Crippen molar-refractivity contribution in [1.82, 2.24) is 19.8 Å². The average Bonchev–Trinajstić information content (AvgIpc) is 3.21. The molecular formula is C46H54F6I2N4O10. The number of esters is 2. The third-order valence-electron chi connectivity index (χ3n) is 9.28. The van der Waals surface area contributed by atoms with E-state index in [4.69, 9.17) is 18.9 Å². The molecule has 14 nitrogen and oxygen atoms in total. The van der Waals surface area contributed by atoms with Gasteiger partial charge >= 0.3 is 36.5 Å². The van der Waals surface area contributed by atoms with Crippen LogP contribution in [0.15, 0.2) is 70.3 Å². The van der Waals surface area contributed by atoms with Crippen LogP contribution in [0.3, 0.4) is 0 Å². The van der Waals surface area contributed by atoms with Crippen LogP contribution >= 0.6 is 45.2 Å². The lowest BCUT2D eigenvalue weighted by molar-refractivity contribution is -0.143. The SMILES string of the molecule is COC(=O)C(Cc1ccc(-c2c(C(F)(F)F)cc(C)n(C)c2=O)cc1)NC(=O)OC(C)(C)C.COC(=O)C(Cc1ccc(I)cc1)NC(=O)OC(C)(C)C.Cc1cc(C(F)(F)F)c(I)c(=O)n1C. The van der Waals surface area contributed by atoms with Crippen LogP contribution in [0.1, 0.15) is 75.2 Å². The van der Waals surface area contributed by atoms with E-state index in [1.807, 2.05) is 24.3 Å². The summed E-state index contributed by atoms with van der Waals surface area (Å²) in [6, 6.07) is 13.5. The summed E-state index contributed by atoms with van der Waals surface area (Å²) in [7, 11) is 5.31. The molecule has 2 aromatic heterocycles. The number of halogens is 8. The Kier molecular flexibility index (Phi) is 21.2. The summed E-state index contributed by atoms with van der Waals surface area (Å²) in [6.07, 6.45) is -10.3. The lowest BCUT2D eigenvalue weighted by atomic mass is 9.97. The monoisotopic (exact) mass is 1190 g/mol. The largest absolute Gasteiger partial charge is 0.467 e. The molecule has 0 saturated heterocycles. The van der Waals surface area contributed by atoms with E-state index in [0.717, 1.165) is 25.8 Å². The van der Waals surface area contributed by atoms with Gasteiger partial charge in [0.05, 0.1) is 34.5 Å². The molecule has 0 aliphatic rings. The molecule has 4 aromatic rings. The van der Waals surface area contributed by atoms with Crippen LogP contribution < -0.4 is 21.8 Å². The summed E-state index contributed by atoms with van der Waals surface area (Å²) in [4.78, 5) is 71.7. The summed E-state index contributed by atoms with van der Waals surface area (Å²) in [6.45, 7) is 13.2. The number of ether oxygens (including phenoxy) is 4. The van der Waals surface area contributed by atoms with Crippen molar-refractivity contribution >= 4 is 69.3 Å². The highest BCUT2D eigenvalue weighted by Crippen LogP contribution is 2.36. The van der Waals surface area contributed by atoms with Crippen LogP contribution in [0.2, 0.25) is 0 Å². The van der Waals surface area contributed by atoms with E-state index in [9.17, 15) is 55.1 Å². The van der Waals surface area contributed by atoms with Crippen molar-refractivity contribution in [2.75, 3.05) is 14.2 Å². The van der Waals surface area contributed by atoms with Crippen LogP contribution in [0.4, 0.5) is 35.9 Å². The number of nitrogens with one attached hydrogen (secondary N) is 2. The Balaban J connectivity index is 0.000000386. The van der Waals surface area contributed by atoms with Crippen LogP contribution in [-0.2, 0) is 67.8 Å². The summed E-state index contributed by atoms with van der Waals surface area (Å²) >= 11 is 3.62. The molecule has 2 amide bonds. The fourth-order valence-electron chi connectivity index (χ4n) is 5.79. The quantitative estimate of drug-likeness (QED) is 0.0712. The zero-order valence-electron chi connectivity index (χ0n) is 39.3. The summed E-state index contributed by atoms with van der Waals surface area (Å²) in [5.74, 6) is -1.21. The number of aromatic nitrogens is 2. The van der Waals surface area contributed by atoms with Crippen molar-refractivity contribution in [2.24, 2.45) is 14.1 Å². The molecule has 0 spiro atoms. The van der Waals surface area contributed by atoms with E-state index in [1.54, 1.807) is 41.5 Å². The first-order valence-corrected chi connectivity index (χ1v) is 22.4. The Morgan fingerprint density at radius 1 is 0.603 bits per heavy atom. The zero-order valence-corrected chi connectivity index (χ0v) is 43.7. The molecule has 22 heteroatoms. The number of carbonyl (C=O) groups is 4. The molecule has 0 saturated carbocycles.